The molecule has 0 fully saturated rings. The van der Waals surface area contributed by atoms with Gasteiger partial charge in [-0.1, -0.05) is 30.3 Å². The third-order valence-corrected chi connectivity index (χ3v) is 2.93. The fourth-order valence-corrected chi connectivity index (χ4v) is 1.91. The molecule has 1 heterocycles. The van der Waals surface area contributed by atoms with E-state index in [-0.39, 0.29) is 5.41 Å². The molecule has 90 valence electrons. The van der Waals surface area contributed by atoms with Gasteiger partial charge in [0.15, 0.2) is 5.82 Å². The summed E-state index contributed by atoms with van der Waals surface area (Å²) in [5, 5.41) is 11.8. The summed E-state index contributed by atoms with van der Waals surface area (Å²) in [5.74, 6) is 0.842. The number of rotatable bonds is 4. The van der Waals surface area contributed by atoms with Crippen LogP contribution in [0.15, 0.2) is 30.3 Å². The average molecular weight is 231 g/mol. The third kappa shape index (κ3) is 2.19. The van der Waals surface area contributed by atoms with Crippen LogP contribution in [0.25, 0.3) is 0 Å². The predicted octanol–water partition coefficient (Wildman–Crippen LogP) is 0.958. The van der Waals surface area contributed by atoms with Crippen LogP contribution in [0.2, 0.25) is 0 Å². The first-order chi connectivity index (χ1) is 8.16. The number of hydrogen-bond donors (Lipinski definition) is 1. The second kappa shape index (κ2) is 4.63. The first-order valence-corrected chi connectivity index (χ1v) is 5.68. The lowest BCUT2D eigenvalue weighted by Crippen LogP contribution is -2.26. The van der Waals surface area contributed by atoms with Gasteiger partial charge in [-0.05, 0) is 29.8 Å². The summed E-state index contributed by atoms with van der Waals surface area (Å²) >= 11 is 0. The van der Waals surface area contributed by atoms with E-state index in [1.54, 1.807) is 4.68 Å². The summed E-state index contributed by atoms with van der Waals surface area (Å²) in [4.78, 5) is 0. The summed E-state index contributed by atoms with van der Waals surface area (Å²) < 4.78 is 1.77. The van der Waals surface area contributed by atoms with Crippen molar-refractivity contribution in [2.75, 3.05) is 6.54 Å². The second-order valence-electron chi connectivity index (χ2n) is 4.51. The Balaban J connectivity index is 2.41. The van der Waals surface area contributed by atoms with Gasteiger partial charge in [0.2, 0.25) is 0 Å². The molecule has 0 saturated carbocycles. The molecule has 0 radical (unpaired) electrons. The van der Waals surface area contributed by atoms with E-state index in [1.165, 1.54) is 5.56 Å². The molecule has 2 N–H and O–H groups in total. The molecule has 0 amide bonds. The number of aromatic nitrogens is 4. The number of tetrazole rings is 1. The summed E-state index contributed by atoms with van der Waals surface area (Å²) in [6.07, 6.45) is 0. The van der Waals surface area contributed by atoms with E-state index in [4.69, 9.17) is 5.73 Å². The highest BCUT2D eigenvalue weighted by Crippen LogP contribution is 2.28. The quantitative estimate of drug-likeness (QED) is 0.850. The Bertz CT molecular complexity index is 475. The number of nitrogens with two attached hydrogens (primary N) is 1. The van der Waals surface area contributed by atoms with Crippen molar-refractivity contribution in [2.24, 2.45) is 5.73 Å². The van der Waals surface area contributed by atoms with E-state index in [2.05, 4.69) is 41.5 Å². The highest BCUT2D eigenvalue weighted by molar-refractivity contribution is 5.30. The van der Waals surface area contributed by atoms with Crippen molar-refractivity contribution in [3.8, 4) is 0 Å². The smallest absolute Gasteiger partial charge is 0.161 e. The molecule has 2 aromatic rings. The molecule has 2 rings (SSSR count). The number of benzene rings is 1. The Labute approximate surface area is 101 Å². The number of hydrogen-bond acceptors (Lipinski definition) is 4. The fraction of sp³-hybridized carbons (Fsp3) is 0.417. The van der Waals surface area contributed by atoms with Gasteiger partial charge in [0.1, 0.15) is 0 Å². The van der Waals surface area contributed by atoms with Crippen LogP contribution in [0.1, 0.15) is 25.2 Å². The molecule has 1 aromatic heterocycles. The summed E-state index contributed by atoms with van der Waals surface area (Å²) in [5.41, 5.74) is 6.52. The van der Waals surface area contributed by atoms with Gasteiger partial charge in [-0.2, -0.15) is 0 Å². The monoisotopic (exact) mass is 231 g/mol. The minimum absolute atomic E-state index is 0.222. The Morgan fingerprint density at radius 2 is 1.94 bits per heavy atom. The highest BCUT2D eigenvalue weighted by atomic mass is 15.5. The molecule has 0 aliphatic heterocycles. The van der Waals surface area contributed by atoms with Crippen molar-refractivity contribution in [3.63, 3.8) is 0 Å². The van der Waals surface area contributed by atoms with Crippen molar-refractivity contribution in [1.82, 2.24) is 20.2 Å². The van der Waals surface area contributed by atoms with E-state index in [9.17, 15) is 0 Å². The summed E-state index contributed by atoms with van der Waals surface area (Å²) in [6.45, 7) is 5.39. The maximum Gasteiger partial charge on any atom is 0.161 e. The number of nitrogens with zero attached hydrogens (tertiary/aromatic N) is 4. The predicted molar refractivity (Wildman–Crippen MR) is 65.4 cm³/mol. The van der Waals surface area contributed by atoms with Crippen LogP contribution in [0, 0.1) is 0 Å². The van der Waals surface area contributed by atoms with E-state index in [0.29, 0.717) is 13.1 Å². The standard InChI is InChI=1S/C12H17N5/c1-12(2,10-6-4-3-5-7-10)11-14-15-16-17(11)9-8-13/h3-7H,8-9,13H2,1-2H3. The minimum atomic E-state index is -0.222. The van der Waals surface area contributed by atoms with Gasteiger partial charge >= 0.3 is 0 Å². The van der Waals surface area contributed by atoms with Crippen LogP contribution in [0.5, 0.6) is 0 Å². The lowest BCUT2D eigenvalue weighted by Gasteiger charge is -2.23. The molecule has 0 unspecified atom stereocenters. The molecular formula is C12H17N5. The van der Waals surface area contributed by atoms with Crippen LogP contribution in [-0.4, -0.2) is 26.8 Å². The van der Waals surface area contributed by atoms with Gasteiger partial charge in [-0.3, -0.25) is 0 Å². The van der Waals surface area contributed by atoms with Crippen LogP contribution < -0.4 is 5.73 Å². The molecule has 0 aliphatic rings. The van der Waals surface area contributed by atoms with Crippen molar-refractivity contribution in [3.05, 3.63) is 41.7 Å². The molecule has 0 aliphatic carbocycles. The molecule has 5 nitrogen and oxygen atoms in total. The van der Waals surface area contributed by atoms with Crippen LogP contribution >= 0.6 is 0 Å². The van der Waals surface area contributed by atoms with Gasteiger partial charge in [0.05, 0.1) is 12.0 Å². The molecule has 5 heteroatoms. The Morgan fingerprint density at radius 3 is 2.59 bits per heavy atom. The normalized spacial score (nSPS) is 11.7. The zero-order chi connectivity index (χ0) is 12.3. The Hall–Kier alpha value is -1.75. The van der Waals surface area contributed by atoms with Crippen molar-refractivity contribution >= 4 is 0 Å². The van der Waals surface area contributed by atoms with Gasteiger partial charge in [-0.15, -0.1) is 5.10 Å². The maximum atomic E-state index is 5.55. The lowest BCUT2D eigenvalue weighted by molar-refractivity contribution is 0.499. The van der Waals surface area contributed by atoms with Crippen LogP contribution in [-0.2, 0) is 12.0 Å². The molecule has 0 spiro atoms. The second-order valence-corrected chi connectivity index (χ2v) is 4.51. The van der Waals surface area contributed by atoms with Crippen LogP contribution in [0.4, 0.5) is 0 Å². The first kappa shape index (κ1) is 11.7. The van der Waals surface area contributed by atoms with E-state index in [1.807, 2.05) is 18.2 Å². The summed E-state index contributed by atoms with van der Waals surface area (Å²) in [6, 6.07) is 10.2. The third-order valence-electron chi connectivity index (χ3n) is 2.93. The Kier molecular flexibility index (Phi) is 3.19. The van der Waals surface area contributed by atoms with Crippen molar-refractivity contribution in [2.45, 2.75) is 25.8 Å². The topological polar surface area (TPSA) is 69.6 Å². The van der Waals surface area contributed by atoms with Crippen LogP contribution in [0.3, 0.4) is 0 Å². The SMILES string of the molecule is CC(C)(c1ccccc1)c1nnnn1CCN. The van der Waals surface area contributed by atoms with Gasteiger partial charge in [0, 0.05) is 6.54 Å². The molecule has 0 saturated heterocycles. The van der Waals surface area contributed by atoms with E-state index in [0.717, 1.165) is 5.82 Å². The molecule has 0 bridgehead atoms. The minimum Gasteiger partial charge on any atom is -0.329 e. The molecule has 0 atom stereocenters. The largest absolute Gasteiger partial charge is 0.329 e. The Morgan fingerprint density at radius 1 is 1.24 bits per heavy atom. The van der Waals surface area contributed by atoms with Crippen molar-refractivity contribution in [1.29, 1.82) is 0 Å². The molecular weight excluding hydrogens is 214 g/mol. The van der Waals surface area contributed by atoms with Gasteiger partial charge in [-0.25, -0.2) is 4.68 Å². The summed E-state index contributed by atoms with van der Waals surface area (Å²) in [7, 11) is 0. The lowest BCUT2D eigenvalue weighted by atomic mass is 9.84. The highest BCUT2D eigenvalue weighted by Gasteiger charge is 2.29. The molecule has 1 aromatic carbocycles. The average Bonchev–Trinajstić information content (AvgIpc) is 2.80. The van der Waals surface area contributed by atoms with E-state index < -0.39 is 0 Å². The molecule has 17 heavy (non-hydrogen) atoms. The van der Waals surface area contributed by atoms with Gasteiger partial charge < -0.3 is 5.73 Å². The zero-order valence-corrected chi connectivity index (χ0v) is 10.2. The first-order valence-electron chi connectivity index (χ1n) is 5.68. The zero-order valence-electron chi connectivity index (χ0n) is 10.2. The van der Waals surface area contributed by atoms with Gasteiger partial charge in [0.25, 0.3) is 0 Å². The fourth-order valence-electron chi connectivity index (χ4n) is 1.91. The van der Waals surface area contributed by atoms with Crippen molar-refractivity contribution < 1.29 is 0 Å². The van der Waals surface area contributed by atoms with E-state index >= 15 is 0 Å². The maximum absolute atomic E-state index is 5.55.